The average molecular weight is 288 g/mol. The summed E-state index contributed by atoms with van der Waals surface area (Å²) in [4.78, 5) is 26.8. The minimum Gasteiger partial charge on any atom is -0.342 e. The van der Waals surface area contributed by atoms with Crippen LogP contribution in [-0.2, 0) is 9.59 Å². The van der Waals surface area contributed by atoms with Gasteiger partial charge in [0.25, 0.3) is 0 Å². The Morgan fingerprint density at radius 3 is 2.52 bits per heavy atom. The normalized spacial score (nSPS) is 23.9. The van der Waals surface area contributed by atoms with Crippen molar-refractivity contribution >= 4 is 11.8 Å². The maximum Gasteiger partial charge on any atom is 0.248 e. The molecule has 0 spiro atoms. The van der Waals surface area contributed by atoms with E-state index in [4.69, 9.17) is 0 Å². The third-order valence-corrected chi connectivity index (χ3v) is 4.08. The van der Waals surface area contributed by atoms with Crippen molar-refractivity contribution in [2.45, 2.75) is 58.2 Å². The zero-order valence-electron chi connectivity index (χ0n) is 13.0. The Bertz CT molecular complexity index is 501. The minimum absolute atomic E-state index is 0.00653. The van der Waals surface area contributed by atoms with Crippen molar-refractivity contribution in [3.05, 3.63) is 35.9 Å². The molecule has 1 fully saturated rings. The van der Waals surface area contributed by atoms with Crippen LogP contribution in [0.25, 0.3) is 0 Å². The average Bonchev–Trinajstić information content (AvgIpc) is 2.49. The molecule has 0 bridgehead atoms. The Kier molecular flexibility index (Phi) is 4.99. The molecule has 1 aliphatic heterocycles. The van der Waals surface area contributed by atoms with E-state index in [-0.39, 0.29) is 17.9 Å². The van der Waals surface area contributed by atoms with E-state index in [1.807, 2.05) is 37.3 Å². The van der Waals surface area contributed by atoms with E-state index in [9.17, 15) is 9.59 Å². The van der Waals surface area contributed by atoms with Gasteiger partial charge in [-0.25, -0.2) is 0 Å². The highest BCUT2D eigenvalue weighted by atomic mass is 16.2. The zero-order chi connectivity index (χ0) is 15.4. The lowest BCUT2D eigenvalue weighted by Gasteiger charge is -2.41. The van der Waals surface area contributed by atoms with Crippen LogP contribution in [0.2, 0.25) is 0 Å². The van der Waals surface area contributed by atoms with Gasteiger partial charge in [0.1, 0.15) is 12.1 Å². The highest BCUT2D eigenvalue weighted by Crippen LogP contribution is 2.29. The molecule has 0 aromatic heterocycles. The summed E-state index contributed by atoms with van der Waals surface area (Å²) in [5.74, 6) is -0.0799. The first kappa shape index (κ1) is 15.5. The molecule has 114 valence electrons. The molecule has 1 saturated heterocycles. The number of carbonyl (C=O) groups is 2. The number of piperazine rings is 1. The fourth-order valence-electron chi connectivity index (χ4n) is 2.89. The van der Waals surface area contributed by atoms with Gasteiger partial charge in [-0.15, -0.1) is 0 Å². The van der Waals surface area contributed by atoms with Gasteiger partial charge in [0.15, 0.2) is 0 Å². The molecular weight excluding hydrogens is 264 g/mol. The van der Waals surface area contributed by atoms with E-state index in [2.05, 4.69) is 12.2 Å². The molecule has 0 aliphatic carbocycles. The molecular formula is C17H24N2O2. The van der Waals surface area contributed by atoms with E-state index >= 15 is 0 Å². The largest absolute Gasteiger partial charge is 0.342 e. The molecule has 4 nitrogen and oxygen atoms in total. The summed E-state index contributed by atoms with van der Waals surface area (Å²) in [7, 11) is 0. The lowest BCUT2D eigenvalue weighted by Crippen LogP contribution is -2.60. The predicted molar refractivity (Wildman–Crippen MR) is 82.6 cm³/mol. The number of unbranched alkanes of at least 4 members (excludes halogenated alkanes) is 1. The SMILES string of the molecule is CCCCC(C)N1C(=O)C(C)NC(=O)C1c1ccccc1. The fraction of sp³-hybridized carbons (Fsp3) is 0.529. The second kappa shape index (κ2) is 6.74. The van der Waals surface area contributed by atoms with E-state index in [1.165, 1.54) is 0 Å². The lowest BCUT2D eigenvalue weighted by atomic mass is 9.96. The van der Waals surface area contributed by atoms with E-state index in [0.29, 0.717) is 0 Å². The second-order valence-electron chi connectivity index (χ2n) is 5.78. The topological polar surface area (TPSA) is 49.4 Å². The molecule has 1 aliphatic rings. The number of benzene rings is 1. The molecule has 2 rings (SSSR count). The minimum atomic E-state index is -0.512. The van der Waals surface area contributed by atoms with Crippen LogP contribution >= 0.6 is 0 Å². The van der Waals surface area contributed by atoms with Gasteiger partial charge in [-0.2, -0.15) is 0 Å². The maximum atomic E-state index is 12.6. The molecule has 2 amide bonds. The third kappa shape index (κ3) is 3.26. The van der Waals surface area contributed by atoms with Gasteiger partial charge >= 0.3 is 0 Å². The quantitative estimate of drug-likeness (QED) is 0.905. The van der Waals surface area contributed by atoms with Gasteiger partial charge in [-0.1, -0.05) is 50.1 Å². The summed E-state index contributed by atoms with van der Waals surface area (Å²) >= 11 is 0. The highest BCUT2D eigenvalue weighted by Gasteiger charge is 2.41. The smallest absolute Gasteiger partial charge is 0.248 e. The summed E-state index contributed by atoms with van der Waals surface area (Å²) in [6.07, 6.45) is 3.07. The van der Waals surface area contributed by atoms with Gasteiger partial charge in [0.2, 0.25) is 11.8 Å². The van der Waals surface area contributed by atoms with Crippen LogP contribution in [0.3, 0.4) is 0 Å². The summed E-state index contributed by atoms with van der Waals surface area (Å²) in [5.41, 5.74) is 0.874. The molecule has 0 radical (unpaired) electrons. The van der Waals surface area contributed by atoms with Crippen LogP contribution in [0.15, 0.2) is 30.3 Å². The van der Waals surface area contributed by atoms with E-state index in [1.54, 1.807) is 11.8 Å². The first-order valence-electron chi connectivity index (χ1n) is 7.73. The lowest BCUT2D eigenvalue weighted by molar-refractivity contribution is -0.151. The Labute approximate surface area is 126 Å². The predicted octanol–water partition coefficient (Wildman–Crippen LogP) is 2.65. The summed E-state index contributed by atoms with van der Waals surface area (Å²) < 4.78 is 0. The molecule has 3 unspecified atom stereocenters. The molecule has 1 aromatic rings. The molecule has 3 atom stereocenters. The standard InChI is InChI=1S/C17H24N2O2/c1-4-5-9-12(2)19-15(14-10-7-6-8-11-14)16(20)18-13(3)17(19)21/h6-8,10-13,15H,4-5,9H2,1-3H3,(H,18,20). The van der Waals surface area contributed by atoms with Gasteiger partial charge in [0.05, 0.1) is 0 Å². The summed E-state index contributed by atoms with van der Waals surface area (Å²) in [6, 6.07) is 8.65. The van der Waals surface area contributed by atoms with Crippen molar-refractivity contribution in [3.63, 3.8) is 0 Å². The Hall–Kier alpha value is -1.84. The molecule has 1 aromatic carbocycles. The van der Waals surface area contributed by atoms with Crippen molar-refractivity contribution in [2.75, 3.05) is 0 Å². The van der Waals surface area contributed by atoms with Gasteiger partial charge in [0, 0.05) is 6.04 Å². The maximum absolute atomic E-state index is 12.6. The van der Waals surface area contributed by atoms with Crippen molar-refractivity contribution in [3.8, 4) is 0 Å². The number of rotatable bonds is 5. The Morgan fingerprint density at radius 2 is 1.90 bits per heavy atom. The van der Waals surface area contributed by atoms with Crippen molar-refractivity contribution in [2.24, 2.45) is 0 Å². The number of nitrogens with one attached hydrogen (secondary N) is 1. The number of nitrogens with zero attached hydrogens (tertiary/aromatic N) is 1. The molecule has 1 N–H and O–H groups in total. The van der Waals surface area contributed by atoms with Crippen LogP contribution in [0.1, 0.15) is 51.6 Å². The molecule has 4 heteroatoms. The summed E-state index contributed by atoms with van der Waals surface area (Å²) in [6.45, 7) is 5.92. The van der Waals surface area contributed by atoms with Crippen LogP contribution in [-0.4, -0.2) is 28.8 Å². The van der Waals surface area contributed by atoms with Crippen molar-refractivity contribution in [1.82, 2.24) is 10.2 Å². The van der Waals surface area contributed by atoms with Crippen LogP contribution in [0.4, 0.5) is 0 Å². The fourth-order valence-corrected chi connectivity index (χ4v) is 2.89. The molecule has 1 heterocycles. The van der Waals surface area contributed by atoms with Gasteiger partial charge in [-0.05, 0) is 25.8 Å². The van der Waals surface area contributed by atoms with Crippen LogP contribution in [0.5, 0.6) is 0 Å². The van der Waals surface area contributed by atoms with E-state index < -0.39 is 12.1 Å². The number of carbonyl (C=O) groups excluding carboxylic acids is 2. The number of hydrogen-bond acceptors (Lipinski definition) is 2. The Balaban J connectivity index is 2.32. The van der Waals surface area contributed by atoms with E-state index in [0.717, 1.165) is 24.8 Å². The second-order valence-corrected chi connectivity index (χ2v) is 5.78. The Morgan fingerprint density at radius 1 is 1.24 bits per heavy atom. The zero-order valence-corrected chi connectivity index (χ0v) is 13.0. The van der Waals surface area contributed by atoms with Crippen molar-refractivity contribution < 1.29 is 9.59 Å². The van der Waals surface area contributed by atoms with Crippen molar-refractivity contribution in [1.29, 1.82) is 0 Å². The first-order valence-corrected chi connectivity index (χ1v) is 7.73. The van der Waals surface area contributed by atoms with Crippen LogP contribution in [0, 0.1) is 0 Å². The monoisotopic (exact) mass is 288 g/mol. The highest BCUT2D eigenvalue weighted by molar-refractivity contribution is 5.97. The number of amides is 2. The molecule has 0 saturated carbocycles. The third-order valence-electron chi connectivity index (χ3n) is 4.08. The van der Waals surface area contributed by atoms with Gasteiger partial charge in [-0.3, -0.25) is 9.59 Å². The summed E-state index contributed by atoms with van der Waals surface area (Å²) in [5, 5.41) is 2.79. The molecule has 21 heavy (non-hydrogen) atoms. The first-order chi connectivity index (χ1) is 10.1. The van der Waals surface area contributed by atoms with Crippen LogP contribution < -0.4 is 5.32 Å². The van der Waals surface area contributed by atoms with Gasteiger partial charge < -0.3 is 10.2 Å². The number of hydrogen-bond donors (Lipinski definition) is 1.